The van der Waals surface area contributed by atoms with Crippen molar-refractivity contribution in [1.29, 1.82) is 0 Å². The van der Waals surface area contributed by atoms with Crippen molar-refractivity contribution in [1.82, 2.24) is 4.90 Å². The van der Waals surface area contributed by atoms with Gasteiger partial charge in [0.1, 0.15) is 0 Å². The first kappa shape index (κ1) is 13.8. The molecule has 0 aromatic rings. The Morgan fingerprint density at radius 3 is 2.32 bits per heavy atom. The van der Waals surface area contributed by atoms with Gasteiger partial charge < -0.3 is 15.4 Å². The molecule has 2 N–H and O–H groups in total. The molecule has 3 rings (SSSR count). The van der Waals surface area contributed by atoms with Crippen LogP contribution in [0.4, 0.5) is 0 Å². The highest BCUT2D eigenvalue weighted by molar-refractivity contribution is 5.06. The van der Waals surface area contributed by atoms with Crippen LogP contribution in [-0.4, -0.2) is 42.8 Å². The second kappa shape index (κ2) is 5.01. The molecule has 2 atom stereocenters. The molecular weight excluding hydrogens is 236 g/mol. The minimum atomic E-state index is 0.229. The molecule has 0 bridgehead atoms. The summed E-state index contributed by atoms with van der Waals surface area (Å²) in [6, 6.07) is 0.325. The summed E-state index contributed by atoms with van der Waals surface area (Å²) in [5.74, 6) is 0.662. The van der Waals surface area contributed by atoms with E-state index in [0.29, 0.717) is 12.0 Å². The van der Waals surface area contributed by atoms with E-state index in [9.17, 15) is 0 Å². The molecule has 3 aliphatic rings. The molecule has 2 aliphatic carbocycles. The zero-order valence-corrected chi connectivity index (χ0v) is 12.7. The lowest BCUT2D eigenvalue weighted by molar-refractivity contribution is -0.150. The van der Waals surface area contributed by atoms with E-state index in [2.05, 4.69) is 19.0 Å². The number of likely N-dealkylation sites (N-methyl/N-ethyl adjacent to an activating group) is 1. The van der Waals surface area contributed by atoms with Crippen molar-refractivity contribution in [2.24, 2.45) is 11.7 Å². The van der Waals surface area contributed by atoms with Crippen LogP contribution < -0.4 is 5.73 Å². The van der Waals surface area contributed by atoms with Gasteiger partial charge in [0.25, 0.3) is 0 Å². The van der Waals surface area contributed by atoms with Gasteiger partial charge in [0.05, 0.1) is 5.60 Å². The van der Waals surface area contributed by atoms with E-state index in [-0.39, 0.29) is 11.1 Å². The lowest BCUT2D eigenvalue weighted by Gasteiger charge is -2.52. The van der Waals surface area contributed by atoms with E-state index in [1.807, 2.05) is 0 Å². The van der Waals surface area contributed by atoms with Crippen LogP contribution >= 0.6 is 0 Å². The quantitative estimate of drug-likeness (QED) is 0.853. The highest BCUT2D eigenvalue weighted by Gasteiger charge is 2.49. The van der Waals surface area contributed by atoms with Crippen molar-refractivity contribution in [3.8, 4) is 0 Å². The maximum atomic E-state index is 6.79. The molecule has 3 fully saturated rings. The predicted octanol–water partition coefficient (Wildman–Crippen LogP) is 2.54. The summed E-state index contributed by atoms with van der Waals surface area (Å²) in [6.07, 6.45) is 11.5. The number of nitrogens with two attached hydrogens (primary N) is 1. The van der Waals surface area contributed by atoms with E-state index in [1.54, 1.807) is 0 Å². The molecule has 1 spiro atoms. The van der Waals surface area contributed by atoms with Crippen LogP contribution in [0.1, 0.15) is 57.8 Å². The molecule has 1 saturated heterocycles. The average molecular weight is 266 g/mol. The first-order chi connectivity index (χ1) is 9.08. The number of nitrogens with zero attached hydrogens (tertiary/aromatic N) is 1. The molecule has 3 nitrogen and oxygen atoms in total. The average Bonchev–Trinajstić information content (AvgIpc) is 2.87. The predicted molar refractivity (Wildman–Crippen MR) is 78.1 cm³/mol. The fourth-order valence-electron chi connectivity index (χ4n) is 4.80. The van der Waals surface area contributed by atoms with E-state index < -0.39 is 0 Å². The Hall–Kier alpha value is -0.120. The van der Waals surface area contributed by atoms with E-state index in [1.165, 1.54) is 57.8 Å². The molecule has 0 aromatic carbocycles. The molecule has 1 aliphatic heterocycles. The Balaban J connectivity index is 1.73. The summed E-state index contributed by atoms with van der Waals surface area (Å²) in [4.78, 5) is 2.42. The number of hydrogen-bond acceptors (Lipinski definition) is 3. The number of hydrogen-bond donors (Lipinski definition) is 1. The molecular formula is C16H30N2O. The van der Waals surface area contributed by atoms with E-state index in [4.69, 9.17) is 10.5 Å². The van der Waals surface area contributed by atoms with Gasteiger partial charge in [0.15, 0.2) is 0 Å². The first-order valence-corrected chi connectivity index (χ1v) is 8.15. The molecule has 0 radical (unpaired) electrons. The van der Waals surface area contributed by atoms with Gasteiger partial charge in [-0.3, -0.25) is 0 Å². The summed E-state index contributed by atoms with van der Waals surface area (Å²) in [5, 5.41) is 0. The van der Waals surface area contributed by atoms with E-state index >= 15 is 0 Å². The van der Waals surface area contributed by atoms with Crippen molar-refractivity contribution < 1.29 is 4.74 Å². The molecule has 2 unspecified atom stereocenters. The second-order valence-electron chi connectivity index (χ2n) is 7.37. The highest BCUT2D eigenvalue weighted by atomic mass is 16.5. The summed E-state index contributed by atoms with van der Waals surface area (Å²) in [5.41, 5.74) is 7.28. The van der Waals surface area contributed by atoms with Crippen molar-refractivity contribution >= 4 is 0 Å². The van der Waals surface area contributed by atoms with Crippen molar-refractivity contribution in [3.05, 3.63) is 0 Å². The van der Waals surface area contributed by atoms with Gasteiger partial charge >= 0.3 is 0 Å². The fourth-order valence-corrected chi connectivity index (χ4v) is 4.80. The molecule has 110 valence electrons. The number of ether oxygens (including phenoxy) is 1. The molecule has 19 heavy (non-hydrogen) atoms. The Kier molecular flexibility index (Phi) is 3.65. The maximum Gasteiger partial charge on any atom is 0.0685 e. The summed E-state index contributed by atoms with van der Waals surface area (Å²) >= 11 is 0. The fraction of sp³-hybridized carbons (Fsp3) is 1.00. The van der Waals surface area contributed by atoms with Crippen LogP contribution in [-0.2, 0) is 4.74 Å². The van der Waals surface area contributed by atoms with Gasteiger partial charge in [-0.25, -0.2) is 0 Å². The van der Waals surface area contributed by atoms with Gasteiger partial charge in [0, 0.05) is 18.2 Å². The smallest absolute Gasteiger partial charge is 0.0685 e. The molecule has 1 heterocycles. The van der Waals surface area contributed by atoms with Gasteiger partial charge in [-0.1, -0.05) is 12.8 Å². The third kappa shape index (κ3) is 2.24. The van der Waals surface area contributed by atoms with Crippen LogP contribution in [0.15, 0.2) is 0 Å². The second-order valence-corrected chi connectivity index (χ2v) is 7.37. The third-order valence-corrected chi connectivity index (χ3v) is 6.28. The maximum absolute atomic E-state index is 6.79. The summed E-state index contributed by atoms with van der Waals surface area (Å²) in [6.45, 7) is 0.932. The third-order valence-electron chi connectivity index (χ3n) is 6.28. The first-order valence-electron chi connectivity index (χ1n) is 8.15. The van der Waals surface area contributed by atoms with Crippen LogP contribution in [0.25, 0.3) is 0 Å². The molecule has 0 amide bonds. The van der Waals surface area contributed by atoms with E-state index in [0.717, 1.165) is 6.61 Å². The van der Waals surface area contributed by atoms with Crippen LogP contribution in [0.5, 0.6) is 0 Å². The summed E-state index contributed by atoms with van der Waals surface area (Å²) in [7, 11) is 4.45. The van der Waals surface area contributed by atoms with Crippen LogP contribution in [0.2, 0.25) is 0 Å². The Labute approximate surface area is 117 Å². The zero-order chi connectivity index (χ0) is 13.5. The SMILES string of the molecule is CN(C)C1(C(N)C2CCOC3(CCC3)C2)CCCC1. The zero-order valence-electron chi connectivity index (χ0n) is 12.7. The van der Waals surface area contributed by atoms with Crippen molar-refractivity contribution in [3.63, 3.8) is 0 Å². The Bertz CT molecular complexity index is 319. The van der Waals surface area contributed by atoms with Crippen molar-refractivity contribution in [2.45, 2.75) is 75.0 Å². The van der Waals surface area contributed by atoms with Gasteiger partial charge in [-0.2, -0.15) is 0 Å². The Morgan fingerprint density at radius 2 is 1.79 bits per heavy atom. The summed E-state index contributed by atoms with van der Waals surface area (Å²) < 4.78 is 6.07. The molecule has 3 heteroatoms. The topological polar surface area (TPSA) is 38.5 Å². The highest BCUT2D eigenvalue weighted by Crippen LogP contribution is 2.48. The van der Waals surface area contributed by atoms with Gasteiger partial charge in [-0.05, 0) is 65.0 Å². The molecule has 2 saturated carbocycles. The van der Waals surface area contributed by atoms with Crippen molar-refractivity contribution in [2.75, 3.05) is 20.7 Å². The minimum Gasteiger partial charge on any atom is -0.375 e. The van der Waals surface area contributed by atoms with Gasteiger partial charge in [0.2, 0.25) is 0 Å². The Morgan fingerprint density at radius 1 is 1.11 bits per heavy atom. The lowest BCUT2D eigenvalue weighted by atomic mass is 9.67. The lowest BCUT2D eigenvalue weighted by Crippen LogP contribution is -2.61. The standard InChI is InChI=1S/C16H30N2O/c1-18(2)16(9-3-4-10-16)14(17)13-6-11-19-15(12-13)7-5-8-15/h13-14H,3-12,17H2,1-2H3. The minimum absolute atomic E-state index is 0.229. The van der Waals surface area contributed by atoms with Crippen LogP contribution in [0, 0.1) is 5.92 Å². The molecule has 0 aromatic heterocycles. The van der Waals surface area contributed by atoms with Crippen LogP contribution in [0.3, 0.4) is 0 Å². The largest absolute Gasteiger partial charge is 0.375 e. The van der Waals surface area contributed by atoms with Gasteiger partial charge in [-0.15, -0.1) is 0 Å². The normalized spacial score (nSPS) is 34.4. The monoisotopic (exact) mass is 266 g/mol. The number of rotatable bonds is 3.